The summed E-state index contributed by atoms with van der Waals surface area (Å²) in [5.74, 6) is 4.79. The van der Waals surface area contributed by atoms with Crippen LogP contribution in [-0.2, 0) is 9.53 Å². The van der Waals surface area contributed by atoms with Crippen molar-refractivity contribution in [2.75, 3.05) is 7.11 Å². The standard InChI is InChI=1S/C22H28O3/c1-5-22(24)11-9-18-19-13(2)20(25-4)17-12-14(23)6-7-15(17)16(19)8-10-21(18,22)3/h1,6-7,12-13,15-16,18-20,24H,8-11H2,2-4H3/t13-,15?,16+,18-,19+,20+,21-,22-/m0/s1. The molecule has 0 heterocycles. The Kier molecular flexibility index (Phi) is 3.80. The molecule has 134 valence electrons. The minimum Gasteiger partial charge on any atom is -0.377 e. The van der Waals surface area contributed by atoms with Gasteiger partial charge < -0.3 is 9.84 Å². The second kappa shape index (κ2) is 5.56. The minimum absolute atomic E-state index is 0.0259. The number of carbonyl (C=O) groups is 1. The van der Waals surface area contributed by atoms with Gasteiger partial charge in [-0.3, -0.25) is 4.79 Å². The number of terminal acetylenes is 1. The molecule has 0 spiro atoms. The predicted octanol–water partition coefficient (Wildman–Crippen LogP) is 3.14. The van der Waals surface area contributed by atoms with Crippen LogP contribution in [-0.4, -0.2) is 29.7 Å². The zero-order chi connectivity index (χ0) is 18.0. The third-order valence-corrected chi connectivity index (χ3v) is 8.07. The number of aliphatic hydroxyl groups is 1. The highest BCUT2D eigenvalue weighted by Crippen LogP contribution is 2.65. The van der Waals surface area contributed by atoms with E-state index in [1.807, 2.05) is 0 Å². The van der Waals surface area contributed by atoms with Gasteiger partial charge in [0.2, 0.25) is 0 Å². The van der Waals surface area contributed by atoms with Gasteiger partial charge in [-0.05, 0) is 67.1 Å². The lowest BCUT2D eigenvalue weighted by Gasteiger charge is -2.57. The summed E-state index contributed by atoms with van der Waals surface area (Å²) in [7, 11) is 1.75. The highest BCUT2D eigenvalue weighted by molar-refractivity contribution is 6.01. The summed E-state index contributed by atoms with van der Waals surface area (Å²) < 4.78 is 5.87. The summed E-state index contributed by atoms with van der Waals surface area (Å²) in [4.78, 5) is 11.9. The molecule has 4 aliphatic carbocycles. The summed E-state index contributed by atoms with van der Waals surface area (Å²) in [6.07, 6.45) is 15.0. The number of methoxy groups -OCH3 is 1. The lowest BCUT2D eigenvalue weighted by molar-refractivity contribution is -0.118. The van der Waals surface area contributed by atoms with E-state index in [2.05, 4.69) is 25.8 Å². The van der Waals surface area contributed by atoms with Crippen LogP contribution in [0, 0.1) is 47.3 Å². The monoisotopic (exact) mass is 340 g/mol. The molecule has 3 saturated carbocycles. The maximum absolute atomic E-state index is 11.9. The molecule has 1 N–H and O–H groups in total. The molecule has 4 aliphatic rings. The number of hydrogen-bond donors (Lipinski definition) is 1. The molecule has 0 saturated heterocycles. The molecule has 0 radical (unpaired) electrons. The average Bonchev–Trinajstić information content (AvgIpc) is 2.87. The van der Waals surface area contributed by atoms with E-state index in [0.717, 1.165) is 24.8 Å². The van der Waals surface area contributed by atoms with Crippen molar-refractivity contribution < 1.29 is 14.6 Å². The van der Waals surface area contributed by atoms with Crippen LogP contribution >= 0.6 is 0 Å². The lowest BCUT2D eigenvalue weighted by Crippen LogP contribution is -2.56. The fourth-order valence-corrected chi connectivity index (χ4v) is 6.79. The van der Waals surface area contributed by atoms with Crippen molar-refractivity contribution in [3.8, 4) is 12.3 Å². The predicted molar refractivity (Wildman–Crippen MR) is 96.5 cm³/mol. The first-order valence-corrected chi connectivity index (χ1v) is 9.53. The Balaban J connectivity index is 1.76. The van der Waals surface area contributed by atoms with Gasteiger partial charge in [0.1, 0.15) is 5.60 Å². The Hall–Kier alpha value is -1.37. The highest BCUT2D eigenvalue weighted by Gasteiger charge is 2.64. The molecule has 0 amide bonds. The van der Waals surface area contributed by atoms with Gasteiger partial charge in [-0.15, -0.1) is 6.42 Å². The van der Waals surface area contributed by atoms with Gasteiger partial charge in [0.05, 0.1) is 6.10 Å². The number of carbonyl (C=O) groups excluding carboxylic acids is 1. The van der Waals surface area contributed by atoms with E-state index in [-0.39, 0.29) is 23.2 Å². The molecule has 8 atom stereocenters. The number of fused-ring (bicyclic) bond motifs is 5. The maximum Gasteiger partial charge on any atom is 0.178 e. The van der Waals surface area contributed by atoms with Crippen molar-refractivity contribution in [1.29, 1.82) is 0 Å². The quantitative estimate of drug-likeness (QED) is 0.746. The van der Waals surface area contributed by atoms with Gasteiger partial charge in [-0.1, -0.05) is 25.8 Å². The van der Waals surface area contributed by atoms with Gasteiger partial charge in [0, 0.05) is 18.4 Å². The van der Waals surface area contributed by atoms with Crippen LogP contribution in [0.4, 0.5) is 0 Å². The summed E-state index contributed by atoms with van der Waals surface area (Å²) in [5, 5.41) is 11.1. The summed E-state index contributed by atoms with van der Waals surface area (Å²) >= 11 is 0. The smallest absolute Gasteiger partial charge is 0.178 e. The molecule has 0 aromatic carbocycles. The fraction of sp³-hybridized carbons (Fsp3) is 0.682. The van der Waals surface area contributed by atoms with Crippen LogP contribution in [0.2, 0.25) is 0 Å². The Morgan fingerprint density at radius 1 is 1.36 bits per heavy atom. The topological polar surface area (TPSA) is 46.5 Å². The maximum atomic E-state index is 11.9. The van der Waals surface area contributed by atoms with Crippen LogP contribution in [0.3, 0.4) is 0 Å². The number of allylic oxidation sites excluding steroid dienone is 3. The van der Waals surface area contributed by atoms with Crippen LogP contribution in [0.5, 0.6) is 0 Å². The SMILES string of the molecule is C#C[C@]1(O)CC[C@H]2[C@@H]3[C@H](C)[C@@H](OC)C4=CC(=O)C=CC4[C@H]3CC[C@@]21C. The van der Waals surface area contributed by atoms with Gasteiger partial charge in [-0.25, -0.2) is 0 Å². The van der Waals surface area contributed by atoms with Crippen molar-refractivity contribution in [1.82, 2.24) is 0 Å². The molecule has 4 rings (SSSR count). The van der Waals surface area contributed by atoms with E-state index < -0.39 is 5.60 Å². The van der Waals surface area contributed by atoms with Gasteiger partial charge >= 0.3 is 0 Å². The molecule has 0 aromatic heterocycles. The molecule has 0 aromatic rings. The van der Waals surface area contributed by atoms with E-state index >= 15 is 0 Å². The van der Waals surface area contributed by atoms with Gasteiger partial charge in [-0.2, -0.15) is 0 Å². The first-order chi connectivity index (χ1) is 11.9. The van der Waals surface area contributed by atoms with Crippen molar-refractivity contribution >= 4 is 5.78 Å². The Bertz CT molecular complexity index is 699. The molecular formula is C22H28O3. The van der Waals surface area contributed by atoms with Crippen LogP contribution in [0.25, 0.3) is 0 Å². The Morgan fingerprint density at radius 3 is 2.80 bits per heavy atom. The molecule has 0 aliphatic heterocycles. The molecule has 0 bridgehead atoms. The van der Waals surface area contributed by atoms with Gasteiger partial charge in [0.25, 0.3) is 0 Å². The van der Waals surface area contributed by atoms with Crippen LogP contribution < -0.4 is 0 Å². The van der Waals surface area contributed by atoms with E-state index in [9.17, 15) is 9.90 Å². The zero-order valence-electron chi connectivity index (χ0n) is 15.4. The Labute approximate surface area is 150 Å². The molecule has 3 heteroatoms. The van der Waals surface area contributed by atoms with Crippen LogP contribution in [0.1, 0.15) is 39.5 Å². The first-order valence-electron chi connectivity index (χ1n) is 9.53. The summed E-state index contributed by atoms with van der Waals surface area (Å²) in [6, 6.07) is 0. The third kappa shape index (κ3) is 2.11. The molecule has 1 unspecified atom stereocenters. The Morgan fingerprint density at radius 2 is 2.12 bits per heavy atom. The molecule has 25 heavy (non-hydrogen) atoms. The molecule has 3 nitrogen and oxygen atoms in total. The second-order valence-electron chi connectivity index (χ2n) is 8.79. The summed E-state index contributed by atoms with van der Waals surface area (Å²) in [6.45, 7) is 4.45. The van der Waals surface area contributed by atoms with Crippen molar-refractivity contribution in [3.05, 3.63) is 23.8 Å². The van der Waals surface area contributed by atoms with Crippen molar-refractivity contribution in [2.45, 2.75) is 51.2 Å². The van der Waals surface area contributed by atoms with E-state index in [4.69, 9.17) is 11.2 Å². The zero-order valence-corrected chi connectivity index (χ0v) is 15.4. The van der Waals surface area contributed by atoms with Crippen molar-refractivity contribution in [3.63, 3.8) is 0 Å². The average molecular weight is 340 g/mol. The second-order valence-corrected chi connectivity index (χ2v) is 8.79. The highest BCUT2D eigenvalue weighted by atomic mass is 16.5. The molecule has 3 fully saturated rings. The van der Waals surface area contributed by atoms with Gasteiger partial charge in [0.15, 0.2) is 5.78 Å². The number of ketones is 1. The number of ether oxygens (including phenoxy) is 1. The number of rotatable bonds is 1. The molecular weight excluding hydrogens is 312 g/mol. The van der Waals surface area contributed by atoms with E-state index in [1.54, 1.807) is 19.3 Å². The van der Waals surface area contributed by atoms with E-state index in [0.29, 0.717) is 30.1 Å². The van der Waals surface area contributed by atoms with E-state index in [1.165, 1.54) is 0 Å². The third-order valence-electron chi connectivity index (χ3n) is 8.07. The van der Waals surface area contributed by atoms with Crippen LogP contribution in [0.15, 0.2) is 23.8 Å². The summed E-state index contributed by atoms with van der Waals surface area (Å²) in [5.41, 5.74) is -0.0535. The fourth-order valence-electron chi connectivity index (χ4n) is 6.79. The largest absolute Gasteiger partial charge is 0.377 e. The normalized spacial score (nSPS) is 51.2. The first kappa shape index (κ1) is 17.1. The minimum atomic E-state index is -0.987. The van der Waals surface area contributed by atoms with Crippen molar-refractivity contribution in [2.24, 2.45) is 35.0 Å². The number of hydrogen-bond acceptors (Lipinski definition) is 3. The lowest BCUT2D eigenvalue weighted by atomic mass is 9.48.